The van der Waals surface area contributed by atoms with E-state index >= 15 is 0 Å². The molecule has 98 valence electrons. The Morgan fingerprint density at radius 3 is 2.78 bits per heavy atom. The summed E-state index contributed by atoms with van der Waals surface area (Å²) in [4.78, 5) is 2.52. The first-order valence-electron chi connectivity index (χ1n) is 7.30. The van der Waals surface area contributed by atoms with Gasteiger partial charge in [0.05, 0.1) is 11.4 Å². The van der Waals surface area contributed by atoms with E-state index in [2.05, 4.69) is 49.3 Å². The number of fused-ring (bicyclic) bond motifs is 2. The Morgan fingerprint density at radius 1 is 1.22 bits per heavy atom. The molecule has 1 N–H and O–H groups in total. The highest BCUT2D eigenvalue weighted by molar-refractivity contribution is 5.77. The molecule has 2 nitrogen and oxygen atoms in total. The van der Waals surface area contributed by atoms with Crippen LogP contribution in [-0.4, -0.2) is 19.1 Å². The largest absolute Gasteiger partial charge is 0.378 e. The minimum atomic E-state index is 0.584. The van der Waals surface area contributed by atoms with E-state index in [1.165, 1.54) is 42.6 Å². The number of anilines is 2. The lowest BCUT2D eigenvalue weighted by Gasteiger charge is -2.46. The van der Waals surface area contributed by atoms with Crippen molar-refractivity contribution in [2.24, 2.45) is 0 Å². The standard InChI is InChI=1S/C16H24N2/c1-11(2)12-7-6-10-15-16(12)17-13-8-4-5-9-14(13)18(15)3/h6-7,10-11,13-14,17H,4-5,8-9H2,1-3H3. The van der Waals surface area contributed by atoms with E-state index in [9.17, 15) is 0 Å². The lowest BCUT2D eigenvalue weighted by atomic mass is 9.85. The molecule has 0 amide bonds. The Morgan fingerprint density at radius 2 is 2.00 bits per heavy atom. The topological polar surface area (TPSA) is 15.3 Å². The van der Waals surface area contributed by atoms with Crippen LogP contribution in [0.3, 0.4) is 0 Å². The van der Waals surface area contributed by atoms with Gasteiger partial charge in [0.25, 0.3) is 0 Å². The molecule has 0 saturated heterocycles. The molecular formula is C16H24N2. The van der Waals surface area contributed by atoms with Crippen LogP contribution >= 0.6 is 0 Å². The van der Waals surface area contributed by atoms with Crippen molar-refractivity contribution >= 4 is 11.4 Å². The van der Waals surface area contributed by atoms with E-state index < -0.39 is 0 Å². The number of nitrogens with one attached hydrogen (secondary N) is 1. The zero-order valence-electron chi connectivity index (χ0n) is 11.7. The maximum absolute atomic E-state index is 3.84. The van der Waals surface area contributed by atoms with Gasteiger partial charge in [0, 0.05) is 19.1 Å². The number of hydrogen-bond donors (Lipinski definition) is 1. The molecule has 0 spiro atoms. The molecule has 1 saturated carbocycles. The zero-order valence-corrected chi connectivity index (χ0v) is 11.7. The molecule has 2 heteroatoms. The van der Waals surface area contributed by atoms with Gasteiger partial charge >= 0.3 is 0 Å². The van der Waals surface area contributed by atoms with Gasteiger partial charge in [-0.25, -0.2) is 0 Å². The van der Waals surface area contributed by atoms with E-state index in [0.29, 0.717) is 18.0 Å². The van der Waals surface area contributed by atoms with Crippen molar-refractivity contribution in [2.45, 2.75) is 57.5 Å². The molecule has 1 aliphatic carbocycles. The van der Waals surface area contributed by atoms with Gasteiger partial charge in [0.15, 0.2) is 0 Å². The molecule has 1 aromatic carbocycles. The minimum absolute atomic E-state index is 0.584. The molecule has 1 aromatic rings. The van der Waals surface area contributed by atoms with Crippen molar-refractivity contribution in [1.29, 1.82) is 0 Å². The fourth-order valence-electron chi connectivity index (χ4n) is 3.60. The maximum Gasteiger partial charge on any atom is 0.0616 e. The number of para-hydroxylation sites is 1. The molecular weight excluding hydrogens is 220 g/mol. The van der Waals surface area contributed by atoms with Crippen LogP contribution in [0.2, 0.25) is 0 Å². The van der Waals surface area contributed by atoms with Gasteiger partial charge < -0.3 is 10.2 Å². The number of benzene rings is 1. The number of hydrogen-bond acceptors (Lipinski definition) is 2. The predicted molar refractivity (Wildman–Crippen MR) is 78.6 cm³/mol. The molecule has 0 radical (unpaired) electrons. The van der Waals surface area contributed by atoms with Gasteiger partial charge in [0.1, 0.15) is 0 Å². The summed E-state index contributed by atoms with van der Waals surface area (Å²) in [5.41, 5.74) is 4.24. The van der Waals surface area contributed by atoms with Gasteiger partial charge in [-0.05, 0) is 30.4 Å². The van der Waals surface area contributed by atoms with Crippen molar-refractivity contribution in [3.63, 3.8) is 0 Å². The van der Waals surface area contributed by atoms with Crippen LogP contribution in [0.25, 0.3) is 0 Å². The second kappa shape index (κ2) is 4.49. The molecule has 0 bridgehead atoms. The smallest absolute Gasteiger partial charge is 0.0616 e. The summed E-state index contributed by atoms with van der Waals surface area (Å²) < 4.78 is 0. The molecule has 1 heterocycles. The Balaban J connectivity index is 2.03. The molecule has 0 aromatic heterocycles. The quantitative estimate of drug-likeness (QED) is 0.803. The van der Waals surface area contributed by atoms with Crippen LogP contribution in [0.4, 0.5) is 11.4 Å². The highest BCUT2D eigenvalue weighted by atomic mass is 15.2. The Hall–Kier alpha value is -1.18. The van der Waals surface area contributed by atoms with Crippen molar-refractivity contribution in [1.82, 2.24) is 0 Å². The van der Waals surface area contributed by atoms with E-state index in [-0.39, 0.29) is 0 Å². The van der Waals surface area contributed by atoms with Crippen molar-refractivity contribution < 1.29 is 0 Å². The molecule has 2 aliphatic rings. The zero-order chi connectivity index (χ0) is 12.7. The maximum atomic E-state index is 3.84. The first-order chi connectivity index (χ1) is 8.68. The summed E-state index contributed by atoms with van der Waals surface area (Å²) in [6.45, 7) is 4.56. The van der Waals surface area contributed by atoms with E-state index in [1.807, 2.05) is 0 Å². The summed E-state index contributed by atoms with van der Waals surface area (Å²) in [5, 5.41) is 3.84. The van der Waals surface area contributed by atoms with Gasteiger partial charge in [-0.15, -0.1) is 0 Å². The van der Waals surface area contributed by atoms with E-state index in [4.69, 9.17) is 0 Å². The average molecular weight is 244 g/mol. The molecule has 3 rings (SSSR count). The van der Waals surface area contributed by atoms with Crippen LogP contribution in [-0.2, 0) is 0 Å². The summed E-state index contributed by atoms with van der Waals surface area (Å²) in [7, 11) is 2.27. The van der Waals surface area contributed by atoms with E-state index in [0.717, 1.165) is 0 Å². The minimum Gasteiger partial charge on any atom is -0.378 e. The Labute approximate surface area is 110 Å². The van der Waals surface area contributed by atoms with E-state index in [1.54, 1.807) is 0 Å². The summed E-state index contributed by atoms with van der Waals surface area (Å²) in [6.07, 6.45) is 5.41. The third kappa shape index (κ3) is 1.79. The summed E-state index contributed by atoms with van der Waals surface area (Å²) >= 11 is 0. The third-order valence-electron chi connectivity index (χ3n) is 4.63. The highest BCUT2D eigenvalue weighted by Gasteiger charge is 2.34. The Kier molecular flexibility index (Phi) is 2.96. The second-order valence-corrected chi connectivity index (χ2v) is 6.11. The number of rotatable bonds is 1. The van der Waals surface area contributed by atoms with Crippen LogP contribution in [0.5, 0.6) is 0 Å². The van der Waals surface area contributed by atoms with Crippen molar-refractivity contribution in [2.75, 3.05) is 17.3 Å². The molecule has 1 fully saturated rings. The van der Waals surface area contributed by atoms with Gasteiger partial charge in [-0.1, -0.05) is 38.8 Å². The highest BCUT2D eigenvalue weighted by Crippen LogP contribution is 2.41. The first kappa shape index (κ1) is 11.9. The number of likely N-dealkylation sites (N-methyl/N-ethyl adjacent to an activating group) is 1. The molecule has 2 atom stereocenters. The van der Waals surface area contributed by atoms with Crippen LogP contribution in [0.1, 0.15) is 51.0 Å². The lowest BCUT2D eigenvalue weighted by Crippen LogP contribution is -2.51. The summed E-state index contributed by atoms with van der Waals surface area (Å²) in [6, 6.07) is 8.08. The van der Waals surface area contributed by atoms with Crippen molar-refractivity contribution in [3.8, 4) is 0 Å². The molecule has 18 heavy (non-hydrogen) atoms. The molecule has 1 aliphatic heterocycles. The fourth-order valence-corrected chi connectivity index (χ4v) is 3.60. The van der Waals surface area contributed by atoms with Gasteiger partial charge in [0.2, 0.25) is 0 Å². The molecule has 2 unspecified atom stereocenters. The van der Waals surface area contributed by atoms with Gasteiger partial charge in [-0.3, -0.25) is 0 Å². The second-order valence-electron chi connectivity index (χ2n) is 6.11. The first-order valence-corrected chi connectivity index (χ1v) is 7.30. The average Bonchev–Trinajstić information content (AvgIpc) is 2.38. The van der Waals surface area contributed by atoms with Gasteiger partial charge in [-0.2, -0.15) is 0 Å². The lowest BCUT2D eigenvalue weighted by molar-refractivity contribution is 0.384. The number of nitrogens with zero attached hydrogens (tertiary/aromatic N) is 1. The Bertz CT molecular complexity index is 439. The summed E-state index contributed by atoms with van der Waals surface area (Å²) in [5.74, 6) is 0.584. The normalized spacial score (nSPS) is 26.6. The van der Waals surface area contributed by atoms with Crippen LogP contribution in [0, 0.1) is 0 Å². The monoisotopic (exact) mass is 244 g/mol. The predicted octanol–water partition coefficient (Wildman–Crippen LogP) is 3.98. The SMILES string of the molecule is CC(C)c1cccc2c1NC1CCCCC1N2C. The third-order valence-corrected chi connectivity index (χ3v) is 4.63. The van der Waals surface area contributed by atoms with Crippen LogP contribution < -0.4 is 10.2 Å². The fraction of sp³-hybridized carbons (Fsp3) is 0.625. The van der Waals surface area contributed by atoms with Crippen LogP contribution in [0.15, 0.2) is 18.2 Å². The van der Waals surface area contributed by atoms with Crippen molar-refractivity contribution in [3.05, 3.63) is 23.8 Å².